The van der Waals surface area contributed by atoms with Crippen LogP contribution in [0.15, 0.2) is 18.2 Å². The van der Waals surface area contributed by atoms with Crippen molar-refractivity contribution in [2.24, 2.45) is 16.6 Å². The van der Waals surface area contributed by atoms with Crippen LogP contribution in [0.3, 0.4) is 0 Å². The molecule has 6 nitrogen and oxygen atoms in total. The molecule has 0 radical (unpaired) electrons. The van der Waals surface area contributed by atoms with Crippen LogP contribution >= 0.6 is 23.2 Å². The Labute approximate surface area is 143 Å². The molecular weight excluding hydrogens is 339 g/mol. The van der Waals surface area contributed by atoms with Gasteiger partial charge in [-0.25, -0.2) is 4.99 Å². The van der Waals surface area contributed by atoms with Crippen LogP contribution in [0.5, 0.6) is 0 Å². The van der Waals surface area contributed by atoms with E-state index in [4.69, 9.17) is 38.4 Å². The number of ether oxygens (including phenoxy) is 2. The van der Waals surface area contributed by atoms with Gasteiger partial charge in [-0.15, -0.1) is 0 Å². The Hall–Kier alpha value is -1.83. The summed E-state index contributed by atoms with van der Waals surface area (Å²) in [6.07, 6.45) is 0. The molecular formula is C15H13Cl2N4O2+. The molecule has 118 valence electrons. The molecule has 8 heteroatoms. The predicted octanol–water partition coefficient (Wildman–Crippen LogP) is 0.509. The molecule has 0 saturated heterocycles. The van der Waals surface area contributed by atoms with Crippen LogP contribution in [0.4, 0.5) is 0 Å². The number of nitriles is 2. The highest BCUT2D eigenvalue weighted by Crippen LogP contribution is 2.79. The van der Waals surface area contributed by atoms with E-state index in [2.05, 4.69) is 17.1 Å². The average Bonchev–Trinajstić information content (AvgIpc) is 3.09. The molecule has 0 amide bonds. The highest BCUT2D eigenvalue weighted by molar-refractivity contribution is 6.36. The Kier molecular flexibility index (Phi) is 3.37. The van der Waals surface area contributed by atoms with E-state index in [0.29, 0.717) is 15.6 Å². The molecule has 3 rings (SSSR count). The molecule has 0 aromatic heterocycles. The van der Waals surface area contributed by atoms with E-state index in [1.54, 1.807) is 18.2 Å². The van der Waals surface area contributed by atoms with E-state index in [9.17, 15) is 10.5 Å². The van der Waals surface area contributed by atoms with Crippen LogP contribution in [0, 0.1) is 33.5 Å². The fourth-order valence-electron chi connectivity index (χ4n) is 3.83. The maximum Gasteiger partial charge on any atom is 0.342 e. The standard InChI is InChI=1S/C15H12Cl2N4O2/c1-22-15(23-2)14(7-19)11(13(14,6-18)12(20)21-15)10-8(16)4-3-5-9(10)17/h3-5,11H,1-2H3,(H2,20,21)/p+1/t11-,13+,14+/m0/s1. The first kappa shape index (κ1) is 16.0. The van der Waals surface area contributed by atoms with Crippen LogP contribution in [0.1, 0.15) is 11.5 Å². The lowest BCUT2D eigenvalue weighted by molar-refractivity contribution is -0.687. The monoisotopic (exact) mass is 351 g/mol. The molecule has 0 unspecified atom stereocenters. The number of nitrogens with two attached hydrogens (primary N) is 1. The van der Waals surface area contributed by atoms with Crippen LogP contribution < -0.4 is 10.7 Å². The van der Waals surface area contributed by atoms with Gasteiger partial charge in [0.1, 0.15) is 0 Å². The summed E-state index contributed by atoms with van der Waals surface area (Å²) in [4.78, 5) is 2.81. The molecule has 1 heterocycles. The molecule has 1 aromatic carbocycles. The van der Waals surface area contributed by atoms with Crippen molar-refractivity contribution in [1.29, 1.82) is 10.5 Å². The second-order valence-electron chi connectivity index (χ2n) is 5.47. The number of hydrogen-bond donors (Lipinski definition) is 2. The fourth-order valence-corrected chi connectivity index (χ4v) is 4.45. The first-order valence-electron chi connectivity index (χ1n) is 6.70. The predicted molar refractivity (Wildman–Crippen MR) is 82.2 cm³/mol. The number of rotatable bonds is 3. The fraction of sp³-hybridized carbons (Fsp3) is 0.400. The molecule has 1 saturated carbocycles. The van der Waals surface area contributed by atoms with Crippen LogP contribution in [-0.2, 0) is 9.47 Å². The Bertz CT molecular complexity index is 788. The summed E-state index contributed by atoms with van der Waals surface area (Å²) in [7, 11) is 2.75. The van der Waals surface area contributed by atoms with E-state index in [1.807, 2.05) is 0 Å². The Morgan fingerprint density at radius 3 is 2.17 bits per heavy atom. The van der Waals surface area contributed by atoms with Crippen molar-refractivity contribution in [2.45, 2.75) is 11.8 Å². The van der Waals surface area contributed by atoms with Crippen LogP contribution in [-0.4, -0.2) is 26.0 Å². The summed E-state index contributed by atoms with van der Waals surface area (Å²) in [6.45, 7) is 0. The van der Waals surface area contributed by atoms with Gasteiger partial charge in [0.15, 0.2) is 10.8 Å². The lowest BCUT2D eigenvalue weighted by Crippen LogP contribution is -2.90. The average molecular weight is 352 g/mol. The molecule has 23 heavy (non-hydrogen) atoms. The third-order valence-corrected chi connectivity index (χ3v) is 5.52. The van der Waals surface area contributed by atoms with Gasteiger partial charge in [-0.1, -0.05) is 29.3 Å². The molecule has 0 spiro atoms. The van der Waals surface area contributed by atoms with Crippen molar-refractivity contribution >= 4 is 29.0 Å². The number of fused-ring (bicyclic) bond motifs is 1. The third-order valence-electron chi connectivity index (χ3n) is 4.86. The van der Waals surface area contributed by atoms with Crippen molar-refractivity contribution < 1.29 is 14.5 Å². The molecule has 1 aromatic rings. The lowest BCUT2D eigenvalue weighted by Gasteiger charge is -2.27. The first-order chi connectivity index (χ1) is 10.9. The molecule has 1 aliphatic carbocycles. The topological polar surface area (TPSA) is 106 Å². The summed E-state index contributed by atoms with van der Waals surface area (Å²) in [5, 5.41) is 20.5. The van der Waals surface area contributed by atoms with Gasteiger partial charge in [0.2, 0.25) is 0 Å². The van der Waals surface area contributed by atoms with Gasteiger partial charge in [-0.05, 0) is 17.7 Å². The Morgan fingerprint density at radius 2 is 1.74 bits per heavy atom. The van der Waals surface area contributed by atoms with Crippen molar-refractivity contribution in [2.75, 3.05) is 14.2 Å². The maximum absolute atomic E-state index is 9.94. The highest BCUT2D eigenvalue weighted by Gasteiger charge is 2.97. The number of nitrogens with one attached hydrogen (secondary N) is 1. The summed E-state index contributed by atoms with van der Waals surface area (Å²) >= 11 is 12.6. The quantitative estimate of drug-likeness (QED) is 0.771. The number of halogens is 2. The molecule has 3 N–H and O–H groups in total. The van der Waals surface area contributed by atoms with Crippen molar-refractivity contribution in [1.82, 2.24) is 0 Å². The van der Waals surface area contributed by atoms with Crippen molar-refractivity contribution in [3.8, 4) is 12.1 Å². The number of benzene rings is 1. The molecule has 0 bridgehead atoms. The maximum atomic E-state index is 9.94. The highest BCUT2D eigenvalue weighted by atomic mass is 35.5. The van der Waals surface area contributed by atoms with Gasteiger partial charge < -0.3 is 9.47 Å². The Balaban J connectivity index is 2.33. The van der Waals surface area contributed by atoms with Gasteiger partial charge in [0.25, 0.3) is 5.84 Å². The minimum atomic E-state index is -1.56. The van der Waals surface area contributed by atoms with Gasteiger partial charge in [-0.2, -0.15) is 10.5 Å². The number of amidine groups is 1. The number of hydrogen-bond acceptors (Lipinski definition) is 5. The second kappa shape index (κ2) is 4.83. The van der Waals surface area contributed by atoms with Crippen LogP contribution in [0.25, 0.3) is 0 Å². The minimum Gasteiger partial charge on any atom is -0.317 e. The number of methoxy groups -OCH3 is 2. The summed E-state index contributed by atoms with van der Waals surface area (Å²) < 4.78 is 10.9. The smallest absolute Gasteiger partial charge is 0.317 e. The van der Waals surface area contributed by atoms with E-state index < -0.39 is 22.7 Å². The van der Waals surface area contributed by atoms with Gasteiger partial charge in [0, 0.05) is 24.3 Å². The largest absolute Gasteiger partial charge is 0.342 e. The summed E-state index contributed by atoms with van der Waals surface area (Å²) in [5.41, 5.74) is 3.80. The second-order valence-corrected chi connectivity index (χ2v) is 6.29. The van der Waals surface area contributed by atoms with Crippen molar-refractivity contribution in [3.63, 3.8) is 0 Å². The third kappa shape index (κ3) is 1.48. The zero-order valence-electron chi connectivity index (χ0n) is 12.4. The summed E-state index contributed by atoms with van der Waals surface area (Å²) in [5.74, 6) is -2.13. The van der Waals surface area contributed by atoms with Gasteiger partial charge >= 0.3 is 5.91 Å². The van der Waals surface area contributed by atoms with E-state index in [-0.39, 0.29) is 5.84 Å². The minimum absolute atomic E-state index is 0.103. The normalized spacial score (nSPS) is 33.3. The Morgan fingerprint density at radius 1 is 1.17 bits per heavy atom. The molecule has 1 fully saturated rings. The zero-order chi connectivity index (χ0) is 17.0. The van der Waals surface area contributed by atoms with E-state index >= 15 is 0 Å². The lowest BCUT2D eigenvalue weighted by atomic mass is 9.93. The van der Waals surface area contributed by atoms with Crippen molar-refractivity contribution in [3.05, 3.63) is 33.8 Å². The SMILES string of the molecule is COC1(OC)[NH+]=C(N)[C@@]2(C#N)[C@H](c3c(Cl)cccc3Cl)[C@@]12C#N. The van der Waals surface area contributed by atoms with E-state index in [1.165, 1.54) is 14.2 Å². The molecule has 2 aliphatic rings. The van der Waals surface area contributed by atoms with Gasteiger partial charge in [-0.3, -0.25) is 5.73 Å². The molecule has 3 atom stereocenters. The first-order valence-corrected chi connectivity index (χ1v) is 7.45. The zero-order valence-corrected chi connectivity index (χ0v) is 13.9. The molecule has 1 aliphatic heterocycles. The van der Waals surface area contributed by atoms with E-state index in [0.717, 1.165) is 0 Å². The van der Waals surface area contributed by atoms with Crippen LogP contribution in [0.2, 0.25) is 10.0 Å². The number of nitrogens with zero attached hydrogens (tertiary/aromatic N) is 2. The van der Waals surface area contributed by atoms with Gasteiger partial charge in [0.05, 0.1) is 18.1 Å². The summed E-state index contributed by atoms with van der Waals surface area (Å²) in [6, 6.07) is 9.33.